The van der Waals surface area contributed by atoms with Gasteiger partial charge >= 0.3 is 0 Å². The predicted octanol–water partition coefficient (Wildman–Crippen LogP) is 6.59. The van der Waals surface area contributed by atoms with Crippen LogP contribution in [0.25, 0.3) is 16.9 Å². The normalized spacial score (nSPS) is 16.4. The highest BCUT2D eigenvalue weighted by molar-refractivity contribution is 5.96. The summed E-state index contributed by atoms with van der Waals surface area (Å²) < 4.78 is 2.32. The summed E-state index contributed by atoms with van der Waals surface area (Å²) in [7, 11) is 0. The standard InChI is InChI=1S/C30H24N4/c1-4-10-22(11-5-1)26-19-29-24(16-17-34(29)25-14-8-3-9-15-25)18-27(26)33-30-21-31-28(20-32-30)23-12-6-2-7-13-23/h1-17,20-21,26H,18-19H2. The molecule has 2 aromatic heterocycles. The van der Waals surface area contributed by atoms with E-state index in [1.54, 1.807) is 6.20 Å². The molecule has 1 aliphatic carbocycles. The maximum Gasteiger partial charge on any atom is 0.170 e. The van der Waals surface area contributed by atoms with Gasteiger partial charge in [-0.15, -0.1) is 0 Å². The summed E-state index contributed by atoms with van der Waals surface area (Å²) in [6, 6.07) is 33.6. The molecule has 1 unspecified atom stereocenters. The average molecular weight is 441 g/mol. The fourth-order valence-corrected chi connectivity index (χ4v) is 4.75. The minimum absolute atomic E-state index is 0.196. The van der Waals surface area contributed by atoms with Gasteiger partial charge < -0.3 is 4.57 Å². The van der Waals surface area contributed by atoms with Gasteiger partial charge in [-0.1, -0.05) is 78.9 Å². The molecule has 34 heavy (non-hydrogen) atoms. The van der Waals surface area contributed by atoms with Crippen LogP contribution in [0.2, 0.25) is 0 Å². The van der Waals surface area contributed by atoms with E-state index >= 15 is 0 Å². The molecule has 0 fully saturated rings. The first kappa shape index (κ1) is 20.3. The maximum absolute atomic E-state index is 5.03. The van der Waals surface area contributed by atoms with Gasteiger partial charge in [0.15, 0.2) is 5.82 Å². The van der Waals surface area contributed by atoms with Gasteiger partial charge in [0.2, 0.25) is 0 Å². The molecule has 0 saturated heterocycles. The molecule has 0 N–H and O–H groups in total. The van der Waals surface area contributed by atoms with Gasteiger partial charge in [0.05, 0.1) is 18.1 Å². The number of aromatic nitrogens is 3. The fourth-order valence-electron chi connectivity index (χ4n) is 4.75. The molecule has 2 heterocycles. The number of aliphatic imine (C=N–C) groups is 1. The molecule has 0 amide bonds. The molecule has 0 saturated carbocycles. The van der Waals surface area contributed by atoms with E-state index in [0.717, 1.165) is 29.8 Å². The van der Waals surface area contributed by atoms with Gasteiger partial charge in [-0.2, -0.15) is 0 Å². The lowest BCUT2D eigenvalue weighted by Crippen LogP contribution is -2.25. The van der Waals surface area contributed by atoms with Crippen molar-refractivity contribution in [3.63, 3.8) is 0 Å². The highest BCUT2D eigenvalue weighted by Gasteiger charge is 2.29. The number of fused-ring (bicyclic) bond motifs is 1. The Hall–Kier alpha value is -4.31. The van der Waals surface area contributed by atoms with Crippen LogP contribution in [-0.2, 0) is 12.8 Å². The van der Waals surface area contributed by atoms with Crippen LogP contribution in [0.5, 0.6) is 0 Å². The zero-order chi connectivity index (χ0) is 22.7. The number of benzene rings is 3. The lowest BCUT2D eigenvalue weighted by Gasteiger charge is -2.27. The minimum atomic E-state index is 0.196. The SMILES string of the molecule is c1ccc(-c2cnc(N=C3Cc4ccn(-c5ccccc5)c4CC3c3ccccc3)cn2)cc1. The van der Waals surface area contributed by atoms with Gasteiger partial charge in [0.1, 0.15) is 0 Å². The van der Waals surface area contributed by atoms with E-state index in [0.29, 0.717) is 5.82 Å². The average Bonchev–Trinajstić information content (AvgIpc) is 3.33. The van der Waals surface area contributed by atoms with Crippen molar-refractivity contribution in [1.29, 1.82) is 0 Å². The molecule has 0 spiro atoms. The minimum Gasteiger partial charge on any atom is -0.321 e. The molecule has 1 atom stereocenters. The van der Waals surface area contributed by atoms with Crippen LogP contribution < -0.4 is 0 Å². The van der Waals surface area contributed by atoms with Crippen LogP contribution in [0.3, 0.4) is 0 Å². The van der Waals surface area contributed by atoms with E-state index in [4.69, 9.17) is 4.99 Å². The van der Waals surface area contributed by atoms with Gasteiger partial charge in [0, 0.05) is 47.6 Å². The Morgan fingerprint density at radius 1 is 0.735 bits per heavy atom. The Morgan fingerprint density at radius 3 is 2.15 bits per heavy atom. The van der Waals surface area contributed by atoms with Crippen molar-refractivity contribution in [3.05, 3.63) is 132 Å². The van der Waals surface area contributed by atoms with Gasteiger partial charge in [-0.25, -0.2) is 9.98 Å². The highest BCUT2D eigenvalue weighted by Crippen LogP contribution is 2.34. The first-order valence-electron chi connectivity index (χ1n) is 11.6. The lowest BCUT2D eigenvalue weighted by atomic mass is 9.81. The Balaban J connectivity index is 1.38. The Bertz CT molecular complexity index is 1420. The molecule has 4 heteroatoms. The summed E-state index contributed by atoms with van der Waals surface area (Å²) in [5.41, 5.74) is 8.19. The molecular formula is C30H24N4. The summed E-state index contributed by atoms with van der Waals surface area (Å²) in [6.07, 6.45) is 7.47. The molecule has 3 aromatic carbocycles. The summed E-state index contributed by atoms with van der Waals surface area (Å²) in [5, 5.41) is 0. The topological polar surface area (TPSA) is 43.1 Å². The van der Waals surface area contributed by atoms with Crippen LogP contribution >= 0.6 is 0 Å². The number of para-hydroxylation sites is 1. The Labute approximate surface area is 199 Å². The van der Waals surface area contributed by atoms with Crippen LogP contribution in [0, 0.1) is 0 Å². The van der Waals surface area contributed by atoms with Crippen LogP contribution in [0.4, 0.5) is 5.82 Å². The van der Waals surface area contributed by atoms with E-state index in [2.05, 4.69) is 87.5 Å². The Morgan fingerprint density at radius 2 is 1.44 bits per heavy atom. The molecule has 5 aromatic rings. The van der Waals surface area contributed by atoms with Crippen LogP contribution in [0.1, 0.15) is 22.7 Å². The molecule has 164 valence electrons. The third kappa shape index (κ3) is 3.95. The van der Waals surface area contributed by atoms with E-state index in [9.17, 15) is 0 Å². The van der Waals surface area contributed by atoms with Gasteiger partial charge in [0.25, 0.3) is 0 Å². The molecule has 0 radical (unpaired) electrons. The van der Waals surface area contributed by atoms with Gasteiger partial charge in [-0.05, 0) is 29.3 Å². The van der Waals surface area contributed by atoms with E-state index in [1.807, 2.05) is 36.5 Å². The summed E-state index contributed by atoms with van der Waals surface area (Å²) in [4.78, 5) is 14.3. The number of rotatable bonds is 4. The molecule has 0 aliphatic heterocycles. The van der Waals surface area contributed by atoms with Crippen molar-refractivity contribution in [2.75, 3.05) is 0 Å². The number of nitrogens with zero attached hydrogens (tertiary/aromatic N) is 4. The second-order valence-electron chi connectivity index (χ2n) is 8.57. The van der Waals surface area contributed by atoms with Crippen molar-refractivity contribution in [2.24, 2.45) is 4.99 Å². The number of hydrogen-bond acceptors (Lipinski definition) is 3. The van der Waals surface area contributed by atoms with Gasteiger partial charge in [-0.3, -0.25) is 4.98 Å². The van der Waals surface area contributed by atoms with Crippen molar-refractivity contribution in [2.45, 2.75) is 18.8 Å². The largest absolute Gasteiger partial charge is 0.321 e. The second-order valence-corrected chi connectivity index (χ2v) is 8.57. The quantitative estimate of drug-likeness (QED) is 0.316. The van der Waals surface area contributed by atoms with E-state index < -0.39 is 0 Å². The Kier molecular flexibility index (Phi) is 5.32. The smallest absolute Gasteiger partial charge is 0.170 e. The first-order chi connectivity index (χ1) is 16.8. The molecular weight excluding hydrogens is 416 g/mol. The van der Waals surface area contributed by atoms with E-state index in [1.165, 1.54) is 22.5 Å². The lowest BCUT2D eigenvalue weighted by molar-refractivity contribution is 0.771. The monoisotopic (exact) mass is 440 g/mol. The van der Waals surface area contributed by atoms with Crippen molar-refractivity contribution < 1.29 is 0 Å². The summed E-state index contributed by atoms with van der Waals surface area (Å²) in [6.45, 7) is 0. The summed E-state index contributed by atoms with van der Waals surface area (Å²) in [5.74, 6) is 0.850. The third-order valence-corrected chi connectivity index (χ3v) is 6.46. The van der Waals surface area contributed by atoms with Crippen molar-refractivity contribution in [1.82, 2.24) is 14.5 Å². The van der Waals surface area contributed by atoms with E-state index in [-0.39, 0.29) is 5.92 Å². The maximum atomic E-state index is 5.03. The molecule has 1 aliphatic rings. The molecule has 0 bridgehead atoms. The fraction of sp³-hybridized carbons (Fsp3) is 0.100. The van der Waals surface area contributed by atoms with Crippen LogP contribution in [-0.4, -0.2) is 20.2 Å². The third-order valence-electron chi connectivity index (χ3n) is 6.46. The second kappa shape index (κ2) is 8.91. The van der Waals surface area contributed by atoms with Crippen molar-refractivity contribution in [3.8, 4) is 16.9 Å². The number of hydrogen-bond donors (Lipinski definition) is 0. The first-order valence-corrected chi connectivity index (χ1v) is 11.6. The summed E-state index contributed by atoms with van der Waals surface area (Å²) >= 11 is 0. The van der Waals surface area contributed by atoms with Crippen molar-refractivity contribution >= 4 is 11.5 Å². The predicted molar refractivity (Wildman–Crippen MR) is 137 cm³/mol. The highest BCUT2D eigenvalue weighted by atomic mass is 15.0. The zero-order valence-corrected chi connectivity index (χ0v) is 18.8. The zero-order valence-electron chi connectivity index (χ0n) is 18.8. The molecule has 4 nitrogen and oxygen atoms in total. The molecule has 6 rings (SSSR count). The van der Waals surface area contributed by atoms with Crippen LogP contribution in [0.15, 0.2) is 121 Å².